The topological polar surface area (TPSA) is 57.6 Å². The van der Waals surface area contributed by atoms with Gasteiger partial charge in [0.15, 0.2) is 5.78 Å². The van der Waals surface area contributed by atoms with E-state index in [1.807, 2.05) is 24.0 Å². The van der Waals surface area contributed by atoms with Crippen molar-refractivity contribution < 1.29 is 14.7 Å². The summed E-state index contributed by atoms with van der Waals surface area (Å²) in [7, 11) is 0. The summed E-state index contributed by atoms with van der Waals surface area (Å²) in [6.45, 7) is 8.29. The van der Waals surface area contributed by atoms with Gasteiger partial charge in [-0.05, 0) is 38.1 Å². The number of hydrogen-bond acceptors (Lipinski definition) is 3. The SMILES string of the molecule is C=C(C)CN(CCC(=O)O)c1ccc(C(C)=O)cc1. The second-order valence-corrected chi connectivity index (χ2v) is 4.63. The molecular weight excluding hydrogens is 242 g/mol. The molecule has 0 aliphatic carbocycles. The number of anilines is 1. The molecular formula is C15H19NO3. The van der Waals surface area contributed by atoms with E-state index in [1.54, 1.807) is 12.1 Å². The minimum Gasteiger partial charge on any atom is -0.481 e. The van der Waals surface area contributed by atoms with Gasteiger partial charge in [-0.1, -0.05) is 12.2 Å². The summed E-state index contributed by atoms with van der Waals surface area (Å²) in [5.41, 5.74) is 2.51. The zero-order valence-corrected chi connectivity index (χ0v) is 11.3. The Kier molecular flexibility index (Phi) is 5.30. The molecule has 0 unspecified atom stereocenters. The molecule has 4 heteroatoms. The Morgan fingerprint density at radius 3 is 2.21 bits per heavy atom. The quantitative estimate of drug-likeness (QED) is 0.605. The first-order valence-corrected chi connectivity index (χ1v) is 6.12. The molecule has 1 rings (SSSR count). The van der Waals surface area contributed by atoms with Gasteiger partial charge in [-0.3, -0.25) is 9.59 Å². The van der Waals surface area contributed by atoms with Crippen LogP contribution in [-0.4, -0.2) is 29.9 Å². The van der Waals surface area contributed by atoms with E-state index in [9.17, 15) is 9.59 Å². The molecule has 19 heavy (non-hydrogen) atoms. The third-order valence-electron chi connectivity index (χ3n) is 2.70. The zero-order valence-electron chi connectivity index (χ0n) is 11.3. The maximum Gasteiger partial charge on any atom is 0.305 e. The van der Waals surface area contributed by atoms with Crippen LogP contribution in [0, 0.1) is 0 Å². The van der Waals surface area contributed by atoms with Crippen molar-refractivity contribution in [3.63, 3.8) is 0 Å². The van der Waals surface area contributed by atoms with Crippen LogP contribution >= 0.6 is 0 Å². The second-order valence-electron chi connectivity index (χ2n) is 4.63. The molecule has 102 valence electrons. The third-order valence-corrected chi connectivity index (χ3v) is 2.70. The molecule has 0 saturated heterocycles. The smallest absolute Gasteiger partial charge is 0.305 e. The van der Waals surface area contributed by atoms with E-state index < -0.39 is 5.97 Å². The summed E-state index contributed by atoms with van der Waals surface area (Å²) in [6.07, 6.45) is 0.0712. The predicted octanol–water partition coefficient (Wildman–Crippen LogP) is 2.75. The highest BCUT2D eigenvalue weighted by atomic mass is 16.4. The molecule has 0 amide bonds. The van der Waals surface area contributed by atoms with Crippen molar-refractivity contribution in [1.82, 2.24) is 0 Å². The summed E-state index contributed by atoms with van der Waals surface area (Å²) in [5.74, 6) is -0.810. The number of carboxylic acids is 1. The van der Waals surface area contributed by atoms with Gasteiger partial charge in [0.1, 0.15) is 0 Å². The maximum absolute atomic E-state index is 11.2. The average molecular weight is 261 g/mol. The van der Waals surface area contributed by atoms with Crippen LogP contribution in [0.1, 0.15) is 30.6 Å². The molecule has 0 aliphatic rings. The lowest BCUT2D eigenvalue weighted by atomic mass is 10.1. The molecule has 0 aromatic heterocycles. The minimum atomic E-state index is -0.827. The molecule has 4 nitrogen and oxygen atoms in total. The first-order chi connectivity index (χ1) is 8.90. The van der Waals surface area contributed by atoms with Crippen LogP contribution in [-0.2, 0) is 4.79 Å². The lowest BCUT2D eigenvalue weighted by Gasteiger charge is -2.24. The highest BCUT2D eigenvalue weighted by Gasteiger charge is 2.09. The van der Waals surface area contributed by atoms with Crippen LogP contribution in [0.3, 0.4) is 0 Å². The Morgan fingerprint density at radius 1 is 1.21 bits per heavy atom. The molecule has 1 N–H and O–H groups in total. The number of ketones is 1. The van der Waals surface area contributed by atoms with Crippen molar-refractivity contribution in [2.75, 3.05) is 18.0 Å². The summed E-state index contributed by atoms with van der Waals surface area (Å²) >= 11 is 0. The Hall–Kier alpha value is -2.10. The number of benzene rings is 1. The van der Waals surface area contributed by atoms with Crippen LogP contribution in [0.4, 0.5) is 5.69 Å². The Balaban J connectivity index is 2.86. The van der Waals surface area contributed by atoms with E-state index in [1.165, 1.54) is 6.92 Å². The van der Waals surface area contributed by atoms with Crippen LogP contribution in [0.25, 0.3) is 0 Å². The Morgan fingerprint density at radius 2 is 1.79 bits per heavy atom. The normalized spacial score (nSPS) is 10.0. The standard InChI is InChI=1S/C15H19NO3/c1-11(2)10-16(9-8-15(18)19)14-6-4-13(5-7-14)12(3)17/h4-7H,1,8-10H2,2-3H3,(H,18,19). The van der Waals surface area contributed by atoms with Crippen molar-refractivity contribution in [3.8, 4) is 0 Å². The summed E-state index contributed by atoms with van der Waals surface area (Å²) in [4.78, 5) is 23.8. The monoisotopic (exact) mass is 261 g/mol. The average Bonchev–Trinajstić information content (AvgIpc) is 2.34. The minimum absolute atomic E-state index is 0.0172. The number of rotatable bonds is 7. The first kappa shape index (κ1) is 15.0. The van der Waals surface area contributed by atoms with E-state index in [0.717, 1.165) is 11.3 Å². The number of aliphatic carboxylic acids is 1. The van der Waals surface area contributed by atoms with Crippen LogP contribution in [0.2, 0.25) is 0 Å². The van der Waals surface area contributed by atoms with Gasteiger partial charge in [0.2, 0.25) is 0 Å². The zero-order chi connectivity index (χ0) is 14.4. The van der Waals surface area contributed by atoms with E-state index in [-0.39, 0.29) is 12.2 Å². The summed E-state index contributed by atoms with van der Waals surface area (Å²) in [6, 6.07) is 7.18. The summed E-state index contributed by atoms with van der Waals surface area (Å²) < 4.78 is 0. The van der Waals surface area contributed by atoms with Crippen LogP contribution in [0.5, 0.6) is 0 Å². The van der Waals surface area contributed by atoms with E-state index >= 15 is 0 Å². The van der Waals surface area contributed by atoms with Crippen molar-refractivity contribution in [3.05, 3.63) is 42.0 Å². The molecule has 0 saturated carbocycles. The molecule has 0 spiro atoms. The van der Waals surface area contributed by atoms with Crippen molar-refractivity contribution in [1.29, 1.82) is 0 Å². The van der Waals surface area contributed by atoms with Crippen molar-refractivity contribution in [2.24, 2.45) is 0 Å². The maximum atomic E-state index is 11.2. The van der Waals surface area contributed by atoms with Gasteiger partial charge in [-0.25, -0.2) is 0 Å². The largest absolute Gasteiger partial charge is 0.481 e. The molecule has 0 fully saturated rings. The van der Waals surface area contributed by atoms with Gasteiger partial charge < -0.3 is 10.0 Å². The van der Waals surface area contributed by atoms with Crippen molar-refractivity contribution >= 4 is 17.4 Å². The number of hydrogen-bond donors (Lipinski definition) is 1. The van der Waals surface area contributed by atoms with Crippen molar-refractivity contribution in [2.45, 2.75) is 20.3 Å². The fourth-order valence-corrected chi connectivity index (χ4v) is 1.76. The third kappa shape index (κ3) is 4.95. The molecule has 0 atom stereocenters. The lowest BCUT2D eigenvalue weighted by molar-refractivity contribution is -0.136. The van der Waals surface area contributed by atoms with Gasteiger partial charge in [-0.15, -0.1) is 0 Å². The molecule has 0 bridgehead atoms. The molecule has 0 heterocycles. The molecule has 1 aromatic carbocycles. The number of Topliss-reactive ketones (excluding diaryl/α,β-unsaturated/α-hetero) is 1. The van der Waals surface area contributed by atoms with Crippen LogP contribution in [0.15, 0.2) is 36.4 Å². The summed E-state index contributed by atoms with van der Waals surface area (Å²) in [5, 5.41) is 8.77. The first-order valence-electron chi connectivity index (χ1n) is 6.12. The van der Waals surface area contributed by atoms with E-state index in [2.05, 4.69) is 6.58 Å². The molecule has 0 aliphatic heterocycles. The van der Waals surface area contributed by atoms with Gasteiger partial charge in [0.05, 0.1) is 6.42 Å². The fourth-order valence-electron chi connectivity index (χ4n) is 1.76. The Labute approximate surface area is 113 Å². The number of carbonyl (C=O) groups excluding carboxylic acids is 1. The number of carboxylic acid groups (broad SMARTS) is 1. The lowest BCUT2D eigenvalue weighted by Crippen LogP contribution is -2.27. The predicted molar refractivity (Wildman–Crippen MR) is 75.7 cm³/mol. The fraction of sp³-hybridized carbons (Fsp3) is 0.333. The van der Waals surface area contributed by atoms with E-state index in [0.29, 0.717) is 18.7 Å². The van der Waals surface area contributed by atoms with Gasteiger partial charge in [-0.2, -0.15) is 0 Å². The van der Waals surface area contributed by atoms with Crippen LogP contribution < -0.4 is 4.90 Å². The highest BCUT2D eigenvalue weighted by Crippen LogP contribution is 2.17. The Bertz CT molecular complexity index is 477. The van der Waals surface area contributed by atoms with Gasteiger partial charge in [0.25, 0.3) is 0 Å². The second kappa shape index (κ2) is 6.73. The molecule has 0 radical (unpaired) electrons. The highest BCUT2D eigenvalue weighted by molar-refractivity contribution is 5.94. The van der Waals surface area contributed by atoms with E-state index in [4.69, 9.17) is 5.11 Å². The number of carbonyl (C=O) groups is 2. The van der Waals surface area contributed by atoms with Gasteiger partial charge in [0, 0.05) is 24.3 Å². The molecule has 1 aromatic rings. The number of nitrogens with zero attached hydrogens (tertiary/aromatic N) is 1. The van der Waals surface area contributed by atoms with Gasteiger partial charge >= 0.3 is 5.97 Å².